The number of rotatable bonds is 5. The van der Waals surface area contributed by atoms with Gasteiger partial charge in [-0.25, -0.2) is 4.98 Å². The van der Waals surface area contributed by atoms with Gasteiger partial charge in [0.1, 0.15) is 0 Å². The molecule has 0 radical (unpaired) electrons. The molecule has 2 aromatic rings. The summed E-state index contributed by atoms with van der Waals surface area (Å²) in [5.41, 5.74) is 2.35. The van der Waals surface area contributed by atoms with E-state index in [2.05, 4.69) is 10.3 Å². The molecule has 21 heavy (non-hydrogen) atoms. The minimum absolute atomic E-state index is 0.0911. The van der Waals surface area contributed by atoms with Crippen LogP contribution in [0.2, 0.25) is 0 Å². The summed E-state index contributed by atoms with van der Waals surface area (Å²) in [6.45, 7) is 4.69. The monoisotopic (exact) mass is 285 g/mol. The van der Waals surface area contributed by atoms with Gasteiger partial charge in [0.25, 0.3) is 11.5 Å². The Morgan fingerprint density at radius 2 is 2.14 bits per heavy atom. The number of amides is 1. The third-order valence-corrected chi connectivity index (χ3v) is 3.22. The average Bonchev–Trinajstić information content (AvgIpc) is 2.48. The average molecular weight is 285 g/mol. The zero-order valence-electron chi connectivity index (χ0n) is 12.3. The van der Waals surface area contributed by atoms with Crippen LogP contribution in [-0.4, -0.2) is 22.0 Å². The van der Waals surface area contributed by atoms with Gasteiger partial charge < -0.3 is 5.32 Å². The predicted molar refractivity (Wildman–Crippen MR) is 81.4 cm³/mol. The summed E-state index contributed by atoms with van der Waals surface area (Å²) in [6, 6.07) is 8.92. The Morgan fingerprint density at radius 3 is 2.81 bits per heavy atom. The van der Waals surface area contributed by atoms with Crippen molar-refractivity contribution < 1.29 is 4.79 Å². The highest BCUT2D eigenvalue weighted by atomic mass is 16.1. The Kier molecular flexibility index (Phi) is 4.87. The lowest BCUT2D eigenvalue weighted by molar-refractivity contribution is 0.0952. The minimum atomic E-state index is -0.134. The van der Waals surface area contributed by atoms with E-state index < -0.39 is 0 Å². The highest BCUT2D eigenvalue weighted by molar-refractivity contribution is 5.94. The maximum atomic E-state index is 12.0. The fraction of sp³-hybridized carbons (Fsp3) is 0.312. The SMILES string of the molecule is CCc1cc(=O)n(CCNC(=O)c2cccc(C)c2)cn1. The molecule has 2 rings (SSSR count). The predicted octanol–water partition coefficient (Wildman–Crippen LogP) is 1.54. The third kappa shape index (κ3) is 4.02. The molecule has 1 aromatic carbocycles. The van der Waals surface area contributed by atoms with Crippen LogP contribution >= 0.6 is 0 Å². The lowest BCUT2D eigenvalue weighted by Crippen LogP contribution is -2.31. The van der Waals surface area contributed by atoms with Crippen molar-refractivity contribution in [1.82, 2.24) is 14.9 Å². The first-order chi connectivity index (χ1) is 10.1. The van der Waals surface area contributed by atoms with E-state index in [9.17, 15) is 9.59 Å². The number of carbonyl (C=O) groups is 1. The van der Waals surface area contributed by atoms with E-state index in [-0.39, 0.29) is 11.5 Å². The summed E-state index contributed by atoms with van der Waals surface area (Å²) in [6.07, 6.45) is 2.26. The summed E-state index contributed by atoms with van der Waals surface area (Å²) in [7, 11) is 0. The fourth-order valence-corrected chi connectivity index (χ4v) is 2.00. The van der Waals surface area contributed by atoms with Crippen molar-refractivity contribution in [3.8, 4) is 0 Å². The van der Waals surface area contributed by atoms with Gasteiger partial charge in [-0.15, -0.1) is 0 Å². The van der Waals surface area contributed by atoms with E-state index in [0.717, 1.165) is 17.7 Å². The van der Waals surface area contributed by atoms with E-state index in [1.165, 1.54) is 17.0 Å². The van der Waals surface area contributed by atoms with Crippen molar-refractivity contribution in [1.29, 1.82) is 0 Å². The molecule has 5 nitrogen and oxygen atoms in total. The number of aryl methyl sites for hydroxylation is 2. The highest BCUT2D eigenvalue weighted by Crippen LogP contribution is 2.03. The maximum Gasteiger partial charge on any atom is 0.253 e. The van der Waals surface area contributed by atoms with E-state index >= 15 is 0 Å². The molecule has 0 aliphatic rings. The van der Waals surface area contributed by atoms with Crippen LogP contribution in [0.15, 0.2) is 41.5 Å². The standard InChI is InChI=1S/C16H19N3O2/c1-3-14-10-15(20)19(11-18-14)8-7-17-16(21)13-6-4-5-12(2)9-13/h4-6,9-11H,3,7-8H2,1-2H3,(H,17,21). The summed E-state index contributed by atoms with van der Waals surface area (Å²) in [5.74, 6) is -0.134. The molecular formula is C16H19N3O2. The molecule has 0 atom stereocenters. The van der Waals surface area contributed by atoms with Crippen LogP contribution in [-0.2, 0) is 13.0 Å². The first-order valence-corrected chi connectivity index (χ1v) is 7.00. The Hall–Kier alpha value is -2.43. The van der Waals surface area contributed by atoms with Crippen LogP contribution in [0.1, 0.15) is 28.5 Å². The topological polar surface area (TPSA) is 64.0 Å². The van der Waals surface area contributed by atoms with Gasteiger partial charge in [-0.1, -0.05) is 24.6 Å². The number of nitrogens with one attached hydrogen (secondary N) is 1. The number of aromatic nitrogens is 2. The van der Waals surface area contributed by atoms with Gasteiger partial charge >= 0.3 is 0 Å². The summed E-state index contributed by atoms with van der Waals surface area (Å²) < 4.78 is 1.50. The molecule has 0 unspecified atom stereocenters. The van der Waals surface area contributed by atoms with Crippen molar-refractivity contribution >= 4 is 5.91 Å². The van der Waals surface area contributed by atoms with Gasteiger partial charge in [0.2, 0.25) is 0 Å². The smallest absolute Gasteiger partial charge is 0.253 e. The molecule has 1 aromatic heterocycles. The second-order valence-corrected chi connectivity index (χ2v) is 4.89. The molecule has 0 aliphatic heterocycles. The minimum Gasteiger partial charge on any atom is -0.350 e. The lowest BCUT2D eigenvalue weighted by Gasteiger charge is -2.08. The van der Waals surface area contributed by atoms with Crippen LogP contribution in [0.3, 0.4) is 0 Å². The van der Waals surface area contributed by atoms with Crippen molar-refractivity contribution in [3.05, 3.63) is 63.8 Å². The largest absolute Gasteiger partial charge is 0.350 e. The molecule has 110 valence electrons. The lowest BCUT2D eigenvalue weighted by atomic mass is 10.1. The number of hydrogen-bond donors (Lipinski definition) is 1. The molecule has 1 N–H and O–H groups in total. The van der Waals surface area contributed by atoms with Crippen LogP contribution < -0.4 is 10.9 Å². The van der Waals surface area contributed by atoms with E-state index in [1.807, 2.05) is 32.0 Å². The van der Waals surface area contributed by atoms with Crippen LogP contribution in [0.5, 0.6) is 0 Å². The zero-order chi connectivity index (χ0) is 15.2. The van der Waals surface area contributed by atoms with Crippen LogP contribution in [0.4, 0.5) is 0 Å². The van der Waals surface area contributed by atoms with Gasteiger partial charge in [-0.2, -0.15) is 0 Å². The Bertz CT molecular complexity index is 692. The van der Waals surface area contributed by atoms with Gasteiger partial charge in [0.15, 0.2) is 0 Å². The Morgan fingerprint density at radius 1 is 1.33 bits per heavy atom. The van der Waals surface area contributed by atoms with Gasteiger partial charge in [0, 0.05) is 30.4 Å². The van der Waals surface area contributed by atoms with Gasteiger partial charge in [0.05, 0.1) is 6.33 Å². The molecule has 1 heterocycles. The van der Waals surface area contributed by atoms with Crippen molar-refractivity contribution in [2.75, 3.05) is 6.54 Å². The number of nitrogens with zero attached hydrogens (tertiary/aromatic N) is 2. The number of hydrogen-bond acceptors (Lipinski definition) is 3. The normalized spacial score (nSPS) is 10.4. The van der Waals surface area contributed by atoms with Crippen LogP contribution in [0.25, 0.3) is 0 Å². The van der Waals surface area contributed by atoms with E-state index in [4.69, 9.17) is 0 Å². The van der Waals surface area contributed by atoms with E-state index in [0.29, 0.717) is 18.7 Å². The maximum absolute atomic E-state index is 12.0. The third-order valence-electron chi connectivity index (χ3n) is 3.22. The number of carbonyl (C=O) groups excluding carboxylic acids is 1. The fourth-order valence-electron chi connectivity index (χ4n) is 2.00. The second kappa shape index (κ2) is 6.83. The molecule has 0 spiro atoms. The first kappa shape index (κ1) is 15.0. The van der Waals surface area contributed by atoms with Crippen molar-refractivity contribution in [2.24, 2.45) is 0 Å². The number of benzene rings is 1. The molecular weight excluding hydrogens is 266 g/mol. The molecule has 1 amide bonds. The quantitative estimate of drug-likeness (QED) is 0.906. The van der Waals surface area contributed by atoms with Gasteiger partial charge in [-0.3, -0.25) is 14.2 Å². The first-order valence-electron chi connectivity index (χ1n) is 7.00. The summed E-state index contributed by atoms with van der Waals surface area (Å²) in [5, 5.41) is 2.80. The van der Waals surface area contributed by atoms with Crippen LogP contribution in [0, 0.1) is 6.92 Å². The van der Waals surface area contributed by atoms with Crippen molar-refractivity contribution in [2.45, 2.75) is 26.8 Å². The Balaban J connectivity index is 1.92. The molecule has 0 saturated carbocycles. The highest BCUT2D eigenvalue weighted by Gasteiger charge is 2.05. The molecule has 0 bridgehead atoms. The molecule has 0 saturated heterocycles. The Labute approximate surface area is 123 Å². The second-order valence-electron chi connectivity index (χ2n) is 4.89. The molecule has 5 heteroatoms. The molecule has 0 fully saturated rings. The van der Waals surface area contributed by atoms with E-state index in [1.54, 1.807) is 6.07 Å². The summed E-state index contributed by atoms with van der Waals surface area (Å²) in [4.78, 5) is 27.9. The van der Waals surface area contributed by atoms with Gasteiger partial charge in [-0.05, 0) is 25.5 Å². The van der Waals surface area contributed by atoms with Crippen molar-refractivity contribution in [3.63, 3.8) is 0 Å². The molecule has 0 aliphatic carbocycles. The zero-order valence-corrected chi connectivity index (χ0v) is 12.3. The summed E-state index contributed by atoms with van der Waals surface area (Å²) >= 11 is 0.